The molecule has 2 aromatic heterocycles. The number of nitrogens with zero attached hydrogens (tertiary/aromatic N) is 1. The molecule has 0 bridgehead atoms. The first-order chi connectivity index (χ1) is 13.3. The highest BCUT2D eigenvalue weighted by Gasteiger charge is 2.22. The number of carbonyl (C=O) groups is 3. The number of carbonyl (C=O) groups excluding carboxylic acids is 3. The van der Waals surface area contributed by atoms with Crippen LogP contribution < -0.4 is 5.32 Å². The monoisotopic (exact) mass is 424 g/mol. The Morgan fingerprint density at radius 3 is 2.64 bits per heavy atom. The number of thiophene rings is 1. The van der Waals surface area contributed by atoms with E-state index in [-0.39, 0.29) is 17.3 Å². The third kappa shape index (κ3) is 6.03. The minimum atomic E-state index is -0.697. The maximum absolute atomic E-state index is 12.3. The predicted molar refractivity (Wildman–Crippen MR) is 107 cm³/mol. The fourth-order valence-electron chi connectivity index (χ4n) is 2.41. The van der Waals surface area contributed by atoms with Crippen molar-refractivity contribution in [3.8, 4) is 0 Å². The lowest BCUT2D eigenvalue weighted by atomic mass is 10.0. The maximum atomic E-state index is 12.3. The topological polar surface area (TPSA) is 94.6 Å². The number of anilines is 1. The number of rotatable bonds is 8. The average molecular weight is 425 g/mol. The molecule has 1 amide bonds. The van der Waals surface area contributed by atoms with Crippen LogP contribution in [0.4, 0.5) is 5.00 Å². The van der Waals surface area contributed by atoms with E-state index in [1.807, 2.05) is 19.2 Å². The Kier molecular flexibility index (Phi) is 7.95. The lowest BCUT2D eigenvalue weighted by Gasteiger charge is -2.10. The molecule has 150 valence electrons. The molecule has 0 atom stereocenters. The van der Waals surface area contributed by atoms with E-state index in [4.69, 9.17) is 21.1 Å². The van der Waals surface area contributed by atoms with Crippen molar-refractivity contribution in [3.63, 3.8) is 0 Å². The van der Waals surface area contributed by atoms with Crippen molar-refractivity contribution in [3.05, 3.63) is 45.6 Å². The zero-order chi connectivity index (χ0) is 20.7. The molecule has 7 nitrogen and oxygen atoms in total. The molecule has 0 unspecified atom stereocenters. The second-order valence-electron chi connectivity index (χ2n) is 6.28. The third-order valence-corrected chi connectivity index (χ3v) is 4.68. The van der Waals surface area contributed by atoms with Gasteiger partial charge in [-0.2, -0.15) is 0 Å². The number of nitrogens with one attached hydrogen (secondary N) is 1. The van der Waals surface area contributed by atoms with Crippen LogP contribution in [-0.4, -0.2) is 36.0 Å². The first-order valence-electron chi connectivity index (χ1n) is 8.67. The normalized spacial score (nSPS) is 10.6. The fraction of sp³-hybridized carbons (Fsp3) is 0.368. The number of halogens is 1. The third-order valence-electron chi connectivity index (χ3n) is 3.52. The molecule has 0 aliphatic carbocycles. The fourth-order valence-corrected chi connectivity index (χ4v) is 3.56. The van der Waals surface area contributed by atoms with Gasteiger partial charge in [0, 0.05) is 6.20 Å². The highest BCUT2D eigenvalue weighted by molar-refractivity contribution is 7.15. The van der Waals surface area contributed by atoms with Gasteiger partial charge in [0.05, 0.1) is 17.7 Å². The molecule has 2 rings (SSSR count). The average Bonchev–Trinajstić information content (AvgIpc) is 3.01. The quantitative estimate of drug-likeness (QED) is 0.509. The number of hydrogen-bond donors (Lipinski definition) is 1. The molecule has 0 aliphatic rings. The molecule has 0 fully saturated rings. The lowest BCUT2D eigenvalue weighted by molar-refractivity contribution is -0.119. The zero-order valence-corrected chi connectivity index (χ0v) is 17.4. The molecule has 28 heavy (non-hydrogen) atoms. The number of aromatic nitrogens is 1. The van der Waals surface area contributed by atoms with E-state index in [0.29, 0.717) is 22.9 Å². The highest BCUT2D eigenvalue weighted by atomic mass is 35.5. The molecule has 0 saturated carbocycles. The summed E-state index contributed by atoms with van der Waals surface area (Å²) < 4.78 is 10.1. The molecule has 9 heteroatoms. The summed E-state index contributed by atoms with van der Waals surface area (Å²) in [5, 5.41) is 4.98. The van der Waals surface area contributed by atoms with Crippen molar-refractivity contribution in [2.75, 3.05) is 18.5 Å². The summed E-state index contributed by atoms with van der Waals surface area (Å²) in [7, 11) is 0. The molecular weight excluding hydrogens is 404 g/mol. The van der Waals surface area contributed by atoms with E-state index in [1.54, 1.807) is 6.92 Å². The van der Waals surface area contributed by atoms with Gasteiger partial charge in [-0.25, -0.2) is 14.6 Å². The van der Waals surface area contributed by atoms with Crippen molar-refractivity contribution in [1.82, 2.24) is 4.98 Å². The number of pyridine rings is 1. The van der Waals surface area contributed by atoms with Gasteiger partial charge in [0.1, 0.15) is 10.2 Å². The van der Waals surface area contributed by atoms with Crippen LogP contribution in [0.25, 0.3) is 0 Å². The van der Waals surface area contributed by atoms with Gasteiger partial charge >= 0.3 is 11.9 Å². The van der Waals surface area contributed by atoms with E-state index >= 15 is 0 Å². The SMILES string of the molecule is CCOC(=O)c1c(CC(C)C)csc1NC(=O)COC(=O)c1ccnc(Cl)c1. The summed E-state index contributed by atoms with van der Waals surface area (Å²) in [5.74, 6) is -1.41. The highest BCUT2D eigenvalue weighted by Crippen LogP contribution is 2.31. The molecule has 0 aromatic carbocycles. The minimum absolute atomic E-state index is 0.147. The Morgan fingerprint density at radius 1 is 1.25 bits per heavy atom. The van der Waals surface area contributed by atoms with Crippen LogP contribution in [0.2, 0.25) is 5.15 Å². The van der Waals surface area contributed by atoms with Crippen LogP contribution >= 0.6 is 22.9 Å². The second kappa shape index (κ2) is 10.2. The van der Waals surface area contributed by atoms with Crippen LogP contribution in [0.15, 0.2) is 23.7 Å². The van der Waals surface area contributed by atoms with Crippen molar-refractivity contribution < 1.29 is 23.9 Å². The number of amides is 1. The molecule has 1 N–H and O–H groups in total. The summed E-state index contributed by atoms with van der Waals surface area (Å²) in [4.78, 5) is 40.3. The van der Waals surface area contributed by atoms with Crippen molar-refractivity contribution in [1.29, 1.82) is 0 Å². The van der Waals surface area contributed by atoms with E-state index in [1.165, 1.54) is 29.7 Å². The van der Waals surface area contributed by atoms with E-state index < -0.39 is 24.5 Å². The first-order valence-corrected chi connectivity index (χ1v) is 9.93. The van der Waals surface area contributed by atoms with Crippen molar-refractivity contribution in [2.24, 2.45) is 5.92 Å². The number of hydrogen-bond acceptors (Lipinski definition) is 7. The van der Waals surface area contributed by atoms with E-state index in [0.717, 1.165) is 5.56 Å². The second-order valence-corrected chi connectivity index (χ2v) is 7.54. The molecule has 2 aromatic rings. The van der Waals surface area contributed by atoms with Gasteiger partial charge in [0.2, 0.25) is 0 Å². The van der Waals surface area contributed by atoms with Crippen LogP contribution in [0.5, 0.6) is 0 Å². The Bertz CT molecular complexity index is 866. The van der Waals surface area contributed by atoms with Crippen LogP contribution in [0, 0.1) is 5.92 Å². The molecule has 0 saturated heterocycles. The Hall–Kier alpha value is -2.45. The Balaban J connectivity index is 2.05. The summed E-state index contributed by atoms with van der Waals surface area (Å²) in [5.41, 5.74) is 1.36. The standard InChI is InChI=1S/C19H21ClN2O5S/c1-4-26-19(25)16-13(7-11(2)3)10-28-17(16)22-15(23)9-27-18(24)12-5-6-21-14(20)8-12/h5-6,8,10-11H,4,7,9H2,1-3H3,(H,22,23). The van der Waals surface area contributed by atoms with Gasteiger partial charge in [-0.3, -0.25) is 4.79 Å². The number of ether oxygens (including phenoxy) is 2. The van der Waals surface area contributed by atoms with Gasteiger partial charge in [-0.1, -0.05) is 25.4 Å². The largest absolute Gasteiger partial charge is 0.462 e. The van der Waals surface area contributed by atoms with Crippen molar-refractivity contribution in [2.45, 2.75) is 27.2 Å². The van der Waals surface area contributed by atoms with Crippen LogP contribution in [0.3, 0.4) is 0 Å². The summed E-state index contributed by atoms with van der Waals surface area (Å²) >= 11 is 6.96. The van der Waals surface area contributed by atoms with E-state index in [9.17, 15) is 14.4 Å². The minimum Gasteiger partial charge on any atom is -0.462 e. The maximum Gasteiger partial charge on any atom is 0.341 e. The van der Waals surface area contributed by atoms with Gasteiger partial charge in [-0.05, 0) is 42.3 Å². The first kappa shape index (κ1) is 21.8. The van der Waals surface area contributed by atoms with Gasteiger partial charge in [0.15, 0.2) is 6.61 Å². The Labute approximate surface area is 172 Å². The molecule has 0 spiro atoms. The van der Waals surface area contributed by atoms with Gasteiger partial charge < -0.3 is 14.8 Å². The van der Waals surface area contributed by atoms with Crippen LogP contribution in [-0.2, 0) is 20.7 Å². The zero-order valence-electron chi connectivity index (χ0n) is 15.8. The van der Waals surface area contributed by atoms with E-state index in [2.05, 4.69) is 10.3 Å². The van der Waals surface area contributed by atoms with Crippen molar-refractivity contribution >= 4 is 45.8 Å². The van der Waals surface area contributed by atoms with Crippen LogP contribution in [0.1, 0.15) is 47.1 Å². The summed E-state index contributed by atoms with van der Waals surface area (Å²) in [6.07, 6.45) is 2.05. The number of esters is 2. The molecule has 0 aliphatic heterocycles. The van der Waals surface area contributed by atoms with Gasteiger partial charge in [-0.15, -0.1) is 11.3 Å². The molecular formula is C19H21ClN2O5S. The summed E-state index contributed by atoms with van der Waals surface area (Å²) in [6, 6.07) is 2.78. The molecule has 2 heterocycles. The lowest BCUT2D eigenvalue weighted by Crippen LogP contribution is -2.22. The predicted octanol–water partition coefficient (Wildman–Crippen LogP) is 3.97. The smallest absolute Gasteiger partial charge is 0.341 e. The van der Waals surface area contributed by atoms with Gasteiger partial charge in [0.25, 0.3) is 5.91 Å². The Morgan fingerprint density at radius 2 is 2.00 bits per heavy atom. The summed E-state index contributed by atoms with van der Waals surface area (Å²) in [6.45, 7) is 5.52. The molecule has 0 radical (unpaired) electrons.